The number of hydrogen-bond acceptors (Lipinski definition) is 4. The average Bonchev–Trinajstić information content (AvgIpc) is 2.69. The summed E-state index contributed by atoms with van der Waals surface area (Å²) in [5.41, 5.74) is 1.18. The van der Waals surface area contributed by atoms with Crippen molar-refractivity contribution in [1.82, 2.24) is 4.72 Å². The normalized spacial score (nSPS) is 15.4. The molecule has 0 radical (unpaired) electrons. The SMILES string of the molecule is CC(C)Sc1ccccc1C(=O)Nc1ccc(S(=O)(=O)NC2CCCCC2)cc1. The molecule has 2 aromatic carbocycles. The first-order chi connectivity index (χ1) is 13.8. The molecular formula is C22H28N2O3S2. The largest absolute Gasteiger partial charge is 0.322 e. The molecule has 0 aromatic heterocycles. The molecule has 1 fully saturated rings. The van der Waals surface area contributed by atoms with Crippen LogP contribution in [0.3, 0.4) is 0 Å². The number of amides is 1. The monoisotopic (exact) mass is 432 g/mol. The first-order valence-electron chi connectivity index (χ1n) is 10.0. The van der Waals surface area contributed by atoms with Gasteiger partial charge in [-0.25, -0.2) is 13.1 Å². The minimum absolute atomic E-state index is 0.0167. The molecule has 156 valence electrons. The molecule has 0 heterocycles. The first-order valence-corrected chi connectivity index (χ1v) is 12.4. The number of sulfonamides is 1. The number of rotatable bonds is 7. The van der Waals surface area contributed by atoms with Crippen molar-refractivity contribution < 1.29 is 13.2 Å². The molecule has 1 amide bonds. The molecule has 0 atom stereocenters. The molecule has 3 rings (SSSR count). The lowest BCUT2D eigenvalue weighted by Gasteiger charge is -2.22. The van der Waals surface area contributed by atoms with Crippen LogP contribution in [0.1, 0.15) is 56.3 Å². The predicted molar refractivity (Wildman–Crippen MR) is 119 cm³/mol. The molecule has 0 unspecified atom stereocenters. The van der Waals surface area contributed by atoms with E-state index in [4.69, 9.17) is 0 Å². The van der Waals surface area contributed by atoms with Crippen LogP contribution in [0.25, 0.3) is 0 Å². The van der Waals surface area contributed by atoms with Crippen molar-refractivity contribution in [2.45, 2.75) is 67.0 Å². The Morgan fingerprint density at radius 2 is 1.66 bits per heavy atom. The van der Waals surface area contributed by atoms with E-state index in [1.165, 1.54) is 18.6 Å². The Labute approximate surface area is 177 Å². The van der Waals surface area contributed by atoms with Crippen LogP contribution in [-0.2, 0) is 10.0 Å². The lowest BCUT2D eigenvalue weighted by Crippen LogP contribution is -2.36. The van der Waals surface area contributed by atoms with E-state index >= 15 is 0 Å². The summed E-state index contributed by atoms with van der Waals surface area (Å²) < 4.78 is 28.0. The Hall–Kier alpha value is -1.83. The Balaban J connectivity index is 1.68. The molecule has 0 saturated heterocycles. The maximum absolute atomic E-state index is 12.7. The smallest absolute Gasteiger partial charge is 0.256 e. The summed E-state index contributed by atoms with van der Waals surface area (Å²) in [6.45, 7) is 4.17. The zero-order valence-corrected chi connectivity index (χ0v) is 18.5. The number of carbonyl (C=O) groups excluding carboxylic acids is 1. The number of hydrogen-bond donors (Lipinski definition) is 2. The van der Waals surface area contributed by atoms with Gasteiger partial charge < -0.3 is 5.32 Å². The Morgan fingerprint density at radius 3 is 2.31 bits per heavy atom. The van der Waals surface area contributed by atoms with Crippen LogP contribution in [0.2, 0.25) is 0 Å². The van der Waals surface area contributed by atoms with Gasteiger partial charge >= 0.3 is 0 Å². The Morgan fingerprint density at radius 1 is 1.00 bits per heavy atom. The van der Waals surface area contributed by atoms with Gasteiger partial charge in [0.1, 0.15) is 0 Å². The highest BCUT2D eigenvalue weighted by atomic mass is 32.2. The number of benzene rings is 2. The van der Waals surface area contributed by atoms with Crippen LogP contribution >= 0.6 is 11.8 Å². The van der Waals surface area contributed by atoms with E-state index in [0.717, 1.165) is 30.6 Å². The number of nitrogens with one attached hydrogen (secondary N) is 2. The third-order valence-electron chi connectivity index (χ3n) is 4.84. The zero-order valence-electron chi connectivity index (χ0n) is 16.9. The van der Waals surface area contributed by atoms with Crippen molar-refractivity contribution in [1.29, 1.82) is 0 Å². The molecule has 1 aliphatic carbocycles. The van der Waals surface area contributed by atoms with Gasteiger partial charge in [0.2, 0.25) is 10.0 Å². The summed E-state index contributed by atoms with van der Waals surface area (Å²) in [4.78, 5) is 13.9. The van der Waals surface area contributed by atoms with Crippen LogP contribution in [0.15, 0.2) is 58.3 Å². The van der Waals surface area contributed by atoms with Gasteiger partial charge in [0.15, 0.2) is 0 Å². The van der Waals surface area contributed by atoms with Gasteiger partial charge in [-0.05, 0) is 49.2 Å². The minimum Gasteiger partial charge on any atom is -0.322 e. The van der Waals surface area contributed by atoms with Crippen molar-refractivity contribution in [3.8, 4) is 0 Å². The Bertz CT molecular complexity index is 935. The molecule has 2 N–H and O–H groups in total. The lowest BCUT2D eigenvalue weighted by atomic mass is 9.96. The molecule has 5 nitrogen and oxygen atoms in total. The van der Waals surface area contributed by atoms with Crippen molar-refractivity contribution in [3.05, 3.63) is 54.1 Å². The highest BCUT2D eigenvalue weighted by Crippen LogP contribution is 2.27. The summed E-state index contributed by atoms with van der Waals surface area (Å²) in [6.07, 6.45) is 5.08. The average molecular weight is 433 g/mol. The standard InChI is InChI=1S/C22H28N2O3S2/c1-16(2)28-21-11-7-6-10-20(21)22(25)23-17-12-14-19(15-13-17)29(26,27)24-18-8-4-3-5-9-18/h6-7,10-16,18,24H,3-5,8-9H2,1-2H3,(H,23,25). The van der Waals surface area contributed by atoms with E-state index in [0.29, 0.717) is 16.5 Å². The van der Waals surface area contributed by atoms with Gasteiger partial charge in [-0.15, -0.1) is 11.8 Å². The van der Waals surface area contributed by atoms with E-state index in [9.17, 15) is 13.2 Å². The van der Waals surface area contributed by atoms with Crippen molar-refractivity contribution in [2.75, 3.05) is 5.32 Å². The number of anilines is 1. The van der Waals surface area contributed by atoms with Gasteiger partial charge in [0.05, 0.1) is 10.5 Å². The maximum atomic E-state index is 12.7. The molecule has 0 aliphatic heterocycles. The zero-order chi connectivity index (χ0) is 20.9. The lowest BCUT2D eigenvalue weighted by molar-refractivity contribution is 0.102. The van der Waals surface area contributed by atoms with Crippen LogP contribution in [0.4, 0.5) is 5.69 Å². The summed E-state index contributed by atoms with van der Waals surface area (Å²) in [6, 6.07) is 13.8. The second-order valence-corrected chi connectivity index (χ2v) is 10.9. The fourth-order valence-corrected chi connectivity index (χ4v) is 5.69. The van der Waals surface area contributed by atoms with Crippen molar-refractivity contribution in [3.63, 3.8) is 0 Å². The molecule has 0 bridgehead atoms. The molecule has 2 aromatic rings. The number of carbonyl (C=O) groups is 1. The van der Waals surface area contributed by atoms with E-state index < -0.39 is 10.0 Å². The van der Waals surface area contributed by atoms with Gasteiger partial charge in [0, 0.05) is 21.9 Å². The third kappa shape index (κ3) is 6.07. The third-order valence-corrected chi connectivity index (χ3v) is 7.46. The van der Waals surface area contributed by atoms with E-state index in [1.54, 1.807) is 30.0 Å². The maximum Gasteiger partial charge on any atom is 0.256 e. The number of thioether (sulfide) groups is 1. The minimum atomic E-state index is -3.54. The van der Waals surface area contributed by atoms with Crippen LogP contribution in [0, 0.1) is 0 Å². The topological polar surface area (TPSA) is 75.3 Å². The molecule has 0 spiro atoms. The predicted octanol–water partition coefficient (Wildman–Crippen LogP) is 5.05. The fraction of sp³-hybridized carbons (Fsp3) is 0.409. The van der Waals surface area contributed by atoms with Crippen molar-refractivity contribution in [2.24, 2.45) is 0 Å². The van der Waals surface area contributed by atoms with Crippen LogP contribution < -0.4 is 10.0 Å². The second kappa shape index (κ2) is 9.78. The summed E-state index contributed by atoms with van der Waals surface area (Å²) >= 11 is 1.64. The van der Waals surface area contributed by atoms with E-state index in [-0.39, 0.29) is 16.8 Å². The second-order valence-electron chi connectivity index (χ2n) is 7.60. The van der Waals surface area contributed by atoms with Crippen LogP contribution in [-0.4, -0.2) is 25.6 Å². The highest BCUT2D eigenvalue weighted by Gasteiger charge is 2.22. The quantitative estimate of drug-likeness (QED) is 0.600. The van der Waals surface area contributed by atoms with E-state index in [1.807, 2.05) is 18.2 Å². The summed E-state index contributed by atoms with van der Waals surface area (Å²) in [5.74, 6) is -0.204. The van der Waals surface area contributed by atoms with Gasteiger partial charge in [-0.2, -0.15) is 0 Å². The molecule has 29 heavy (non-hydrogen) atoms. The highest BCUT2D eigenvalue weighted by molar-refractivity contribution is 8.00. The van der Waals surface area contributed by atoms with Gasteiger partial charge in [-0.3, -0.25) is 4.79 Å². The van der Waals surface area contributed by atoms with Gasteiger partial charge in [-0.1, -0.05) is 45.2 Å². The fourth-order valence-electron chi connectivity index (χ4n) is 3.43. The van der Waals surface area contributed by atoms with E-state index in [2.05, 4.69) is 23.9 Å². The van der Waals surface area contributed by atoms with Gasteiger partial charge in [0.25, 0.3) is 5.91 Å². The molecular weight excluding hydrogens is 404 g/mol. The van der Waals surface area contributed by atoms with Crippen molar-refractivity contribution >= 4 is 33.4 Å². The molecule has 1 saturated carbocycles. The molecule has 1 aliphatic rings. The Kier molecular flexibility index (Phi) is 7.38. The first kappa shape index (κ1) is 21.9. The van der Waals surface area contributed by atoms with Crippen LogP contribution in [0.5, 0.6) is 0 Å². The summed E-state index contributed by atoms with van der Waals surface area (Å²) in [5, 5.41) is 3.23. The summed E-state index contributed by atoms with van der Waals surface area (Å²) in [7, 11) is -3.54. The molecule has 7 heteroatoms.